The topological polar surface area (TPSA) is 81.4 Å². The van der Waals surface area contributed by atoms with Gasteiger partial charge in [-0.1, -0.05) is 0 Å². The van der Waals surface area contributed by atoms with E-state index in [1.165, 1.54) is 0 Å². The van der Waals surface area contributed by atoms with Crippen LogP contribution in [0.3, 0.4) is 0 Å². The maximum atomic E-state index is 5.73. The minimum absolute atomic E-state index is 0.443. The first-order chi connectivity index (χ1) is 8.72. The lowest BCUT2D eigenvalue weighted by atomic mass is 10.4. The second-order valence-electron chi connectivity index (χ2n) is 4.04. The van der Waals surface area contributed by atoms with Gasteiger partial charge >= 0.3 is 0 Å². The molecule has 3 rings (SSSR count). The zero-order chi connectivity index (χ0) is 12.5. The molecule has 0 atom stereocenters. The maximum Gasteiger partial charge on any atom is 0.180 e. The van der Waals surface area contributed by atoms with E-state index in [4.69, 9.17) is 10.2 Å². The van der Waals surface area contributed by atoms with Crippen LogP contribution in [-0.2, 0) is 6.54 Å². The molecule has 0 saturated heterocycles. The van der Waals surface area contributed by atoms with Crippen molar-refractivity contribution < 1.29 is 4.42 Å². The number of nitrogen functional groups attached to an aromatic ring is 1. The van der Waals surface area contributed by atoms with Crippen molar-refractivity contribution in [2.24, 2.45) is 0 Å². The third kappa shape index (κ3) is 1.88. The average molecular weight is 243 g/mol. The van der Waals surface area contributed by atoms with Gasteiger partial charge in [0.2, 0.25) is 0 Å². The van der Waals surface area contributed by atoms with Gasteiger partial charge in [-0.05, 0) is 19.1 Å². The summed E-state index contributed by atoms with van der Waals surface area (Å²) in [6.45, 7) is 2.46. The minimum atomic E-state index is 0.443. The predicted molar refractivity (Wildman–Crippen MR) is 68.2 cm³/mol. The lowest BCUT2D eigenvalue weighted by Crippen LogP contribution is -2.05. The molecule has 3 aromatic rings. The molecule has 0 unspecified atom stereocenters. The summed E-state index contributed by atoms with van der Waals surface area (Å²) in [4.78, 5) is 8.47. The molecular weight excluding hydrogens is 230 g/mol. The molecule has 0 bridgehead atoms. The van der Waals surface area contributed by atoms with E-state index in [2.05, 4.69) is 15.3 Å². The summed E-state index contributed by atoms with van der Waals surface area (Å²) in [6.07, 6.45) is 5.26. The van der Waals surface area contributed by atoms with Crippen LogP contribution in [0.25, 0.3) is 5.65 Å². The molecular formula is C12H13N5O. The molecule has 0 aromatic carbocycles. The van der Waals surface area contributed by atoms with Crippen LogP contribution in [0.4, 0.5) is 11.6 Å². The van der Waals surface area contributed by atoms with Crippen molar-refractivity contribution in [3.63, 3.8) is 0 Å². The van der Waals surface area contributed by atoms with Crippen molar-refractivity contribution in [2.75, 3.05) is 11.1 Å². The second kappa shape index (κ2) is 4.06. The molecule has 6 nitrogen and oxygen atoms in total. The number of imidazole rings is 1. The Morgan fingerprint density at radius 1 is 1.44 bits per heavy atom. The molecule has 0 aliphatic rings. The van der Waals surface area contributed by atoms with Crippen LogP contribution in [0, 0.1) is 6.92 Å². The van der Waals surface area contributed by atoms with E-state index in [0.717, 1.165) is 17.2 Å². The second-order valence-corrected chi connectivity index (χ2v) is 4.04. The highest BCUT2D eigenvalue weighted by Crippen LogP contribution is 2.16. The fourth-order valence-corrected chi connectivity index (χ4v) is 1.82. The molecule has 0 amide bonds. The highest BCUT2D eigenvalue weighted by Gasteiger charge is 2.06. The summed E-state index contributed by atoms with van der Waals surface area (Å²) in [7, 11) is 0. The third-order valence-electron chi connectivity index (χ3n) is 2.62. The van der Waals surface area contributed by atoms with Gasteiger partial charge in [0.05, 0.1) is 12.7 Å². The molecule has 0 aliphatic heterocycles. The monoisotopic (exact) mass is 243 g/mol. The number of hydrogen-bond acceptors (Lipinski definition) is 5. The van der Waals surface area contributed by atoms with Crippen molar-refractivity contribution in [1.82, 2.24) is 14.4 Å². The standard InChI is InChI=1S/C12H13N5O/c1-8-2-3-9(18-8)6-15-11-12-14-4-5-17(12)7-10(13)16-11/h2-5,7H,6,13H2,1H3,(H,15,16). The molecule has 18 heavy (non-hydrogen) atoms. The number of hydrogen-bond donors (Lipinski definition) is 2. The first-order valence-electron chi connectivity index (χ1n) is 5.61. The van der Waals surface area contributed by atoms with E-state index in [1.807, 2.05) is 29.7 Å². The lowest BCUT2D eigenvalue weighted by Gasteiger charge is -2.06. The van der Waals surface area contributed by atoms with Crippen LogP contribution in [-0.4, -0.2) is 14.4 Å². The highest BCUT2D eigenvalue weighted by atomic mass is 16.3. The van der Waals surface area contributed by atoms with Crippen LogP contribution in [0.5, 0.6) is 0 Å². The number of aromatic nitrogens is 3. The summed E-state index contributed by atoms with van der Waals surface area (Å²) in [5.41, 5.74) is 6.48. The summed E-state index contributed by atoms with van der Waals surface area (Å²) >= 11 is 0. The largest absolute Gasteiger partial charge is 0.465 e. The van der Waals surface area contributed by atoms with Gasteiger partial charge in [-0.3, -0.25) is 0 Å². The molecule has 0 radical (unpaired) electrons. The zero-order valence-corrected chi connectivity index (χ0v) is 9.92. The molecule has 6 heteroatoms. The lowest BCUT2D eigenvalue weighted by molar-refractivity contribution is 0.490. The normalized spacial score (nSPS) is 10.9. The van der Waals surface area contributed by atoms with Crippen molar-refractivity contribution >= 4 is 17.3 Å². The zero-order valence-electron chi connectivity index (χ0n) is 9.92. The number of furan rings is 1. The molecule has 0 aliphatic carbocycles. The minimum Gasteiger partial charge on any atom is -0.465 e. The number of rotatable bonds is 3. The number of nitrogens with two attached hydrogens (primary N) is 1. The maximum absolute atomic E-state index is 5.73. The number of nitrogens with one attached hydrogen (secondary N) is 1. The Bertz CT molecular complexity index is 685. The molecule has 0 saturated carbocycles. The van der Waals surface area contributed by atoms with E-state index in [1.54, 1.807) is 12.4 Å². The van der Waals surface area contributed by atoms with Gasteiger partial charge in [-0.2, -0.15) is 0 Å². The Kier molecular flexibility index (Phi) is 2.40. The van der Waals surface area contributed by atoms with Crippen molar-refractivity contribution in [3.05, 3.63) is 42.2 Å². The van der Waals surface area contributed by atoms with Crippen LogP contribution < -0.4 is 11.1 Å². The fraction of sp³-hybridized carbons (Fsp3) is 0.167. The van der Waals surface area contributed by atoms with Crippen LogP contribution in [0.1, 0.15) is 11.5 Å². The van der Waals surface area contributed by atoms with E-state index in [0.29, 0.717) is 18.2 Å². The van der Waals surface area contributed by atoms with Gasteiger partial charge in [0.1, 0.15) is 17.3 Å². The molecule has 3 heterocycles. The quantitative estimate of drug-likeness (QED) is 0.733. The summed E-state index contributed by atoms with van der Waals surface area (Å²) in [5.74, 6) is 2.83. The van der Waals surface area contributed by atoms with Gasteiger partial charge in [-0.15, -0.1) is 0 Å². The highest BCUT2D eigenvalue weighted by molar-refractivity contribution is 5.64. The average Bonchev–Trinajstić information content (AvgIpc) is 2.94. The Morgan fingerprint density at radius 2 is 2.33 bits per heavy atom. The molecule has 92 valence electrons. The van der Waals surface area contributed by atoms with Crippen LogP contribution in [0.2, 0.25) is 0 Å². The van der Waals surface area contributed by atoms with Crippen molar-refractivity contribution in [2.45, 2.75) is 13.5 Å². The first kappa shape index (κ1) is 10.6. The molecule has 0 spiro atoms. The Morgan fingerprint density at radius 3 is 3.11 bits per heavy atom. The predicted octanol–water partition coefficient (Wildman–Crippen LogP) is 1.83. The van der Waals surface area contributed by atoms with Crippen LogP contribution in [0.15, 0.2) is 35.1 Å². The van der Waals surface area contributed by atoms with E-state index >= 15 is 0 Å². The smallest absolute Gasteiger partial charge is 0.180 e. The number of fused-ring (bicyclic) bond motifs is 1. The summed E-state index contributed by atoms with van der Waals surface area (Å²) in [5, 5.41) is 3.18. The van der Waals surface area contributed by atoms with E-state index in [9.17, 15) is 0 Å². The third-order valence-corrected chi connectivity index (χ3v) is 2.62. The van der Waals surface area contributed by atoms with Crippen LogP contribution >= 0.6 is 0 Å². The van der Waals surface area contributed by atoms with Gasteiger partial charge in [0.15, 0.2) is 11.5 Å². The van der Waals surface area contributed by atoms with E-state index < -0.39 is 0 Å². The van der Waals surface area contributed by atoms with Gasteiger partial charge in [0.25, 0.3) is 0 Å². The Hall–Kier alpha value is -2.50. The van der Waals surface area contributed by atoms with E-state index in [-0.39, 0.29) is 0 Å². The molecule has 0 fully saturated rings. The van der Waals surface area contributed by atoms with Crippen molar-refractivity contribution in [3.8, 4) is 0 Å². The number of nitrogens with zero attached hydrogens (tertiary/aromatic N) is 3. The SMILES string of the molecule is Cc1ccc(CNc2nc(N)cn3ccnc23)o1. The number of anilines is 2. The van der Waals surface area contributed by atoms with Crippen molar-refractivity contribution in [1.29, 1.82) is 0 Å². The fourth-order valence-electron chi connectivity index (χ4n) is 1.82. The van der Waals surface area contributed by atoms with Gasteiger partial charge < -0.3 is 19.9 Å². The molecule has 3 aromatic heterocycles. The molecule has 3 N–H and O–H groups in total. The summed E-state index contributed by atoms with van der Waals surface area (Å²) in [6, 6.07) is 3.85. The van der Waals surface area contributed by atoms with Gasteiger partial charge in [0, 0.05) is 12.4 Å². The van der Waals surface area contributed by atoms with Gasteiger partial charge in [-0.25, -0.2) is 9.97 Å². The first-order valence-corrected chi connectivity index (χ1v) is 5.61. The number of aryl methyl sites for hydroxylation is 1. The summed E-state index contributed by atoms with van der Waals surface area (Å²) < 4.78 is 7.31. The Balaban J connectivity index is 1.87. The Labute approximate surface area is 103 Å².